The van der Waals surface area contributed by atoms with Gasteiger partial charge in [0.15, 0.2) is 6.29 Å². The Morgan fingerprint density at radius 1 is 1.06 bits per heavy atom. The third kappa shape index (κ3) is 3.68. The number of rotatable bonds is 8. The van der Waals surface area contributed by atoms with Gasteiger partial charge in [0.25, 0.3) is 0 Å². The quantitative estimate of drug-likeness (QED) is 0.482. The number of esters is 2. The number of carbonyl (C=O) groups is 2. The average Bonchev–Trinajstić information content (AvgIpc) is 2.42. The molecule has 6 heteroatoms. The van der Waals surface area contributed by atoms with Crippen molar-refractivity contribution in [2.75, 3.05) is 28.4 Å². The van der Waals surface area contributed by atoms with Gasteiger partial charge in [0.05, 0.1) is 14.2 Å². The second kappa shape index (κ2) is 8.05. The lowest BCUT2D eigenvalue weighted by atomic mass is 9.79. The maximum Gasteiger partial charge on any atom is 0.316 e. The van der Waals surface area contributed by atoms with Crippen LogP contribution in [0.5, 0.6) is 0 Å². The number of methoxy groups -OCH3 is 4. The molecule has 6 nitrogen and oxygen atoms in total. The first-order valence-corrected chi connectivity index (χ1v) is 5.73. The molecule has 0 aliphatic rings. The molecule has 0 amide bonds. The smallest absolute Gasteiger partial charge is 0.316 e. The van der Waals surface area contributed by atoms with E-state index >= 15 is 0 Å². The molecule has 0 bridgehead atoms. The first-order chi connectivity index (χ1) is 8.52. The molecule has 0 aromatic heterocycles. The van der Waals surface area contributed by atoms with Crippen molar-refractivity contribution >= 4 is 11.9 Å². The fourth-order valence-corrected chi connectivity index (χ4v) is 1.98. The Morgan fingerprint density at radius 3 is 1.94 bits per heavy atom. The monoisotopic (exact) mass is 262 g/mol. The van der Waals surface area contributed by atoms with E-state index in [1.165, 1.54) is 28.4 Å². The van der Waals surface area contributed by atoms with E-state index in [1.54, 1.807) is 0 Å². The van der Waals surface area contributed by atoms with E-state index in [0.29, 0.717) is 6.42 Å². The second-order valence-corrected chi connectivity index (χ2v) is 3.88. The molecule has 0 saturated heterocycles. The third-order valence-electron chi connectivity index (χ3n) is 3.11. The molecule has 0 saturated carbocycles. The molecule has 1 unspecified atom stereocenters. The van der Waals surface area contributed by atoms with Gasteiger partial charge in [-0.25, -0.2) is 0 Å². The summed E-state index contributed by atoms with van der Waals surface area (Å²) in [4.78, 5) is 23.2. The van der Waals surface area contributed by atoms with Crippen LogP contribution in [0.2, 0.25) is 0 Å². The summed E-state index contributed by atoms with van der Waals surface area (Å²) >= 11 is 0. The highest BCUT2D eigenvalue weighted by Gasteiger charge is 2.46. The molecular formula is C12H22O6. The zero-order chi connectivity index (χ0) is 14.2. The zero-order valence-corrected chi connectivity index (χ0v) is 11.6. The molecule has 106 valence electrons. The summed E-state index contributed by atoms with van der Waals surface area (Å²) in [5.74, 6) is -0.842. The molecule has 0 N–H and O–H groups in total. The highest BCUT2D eigenvalue weighted by atomic mass is 16.7. The molecular weight excluding hydrogens is 240 g/mol. The Hall–Kier alpha value is -1.14. The van der Waals surface area contributed by atoms with Crippen molar-refractivity contribution in [2.45, 2.75) is 32.5 Å². The van der Waals surface area contributed by atoms with E-state index in [4.69, 9.17) is 14.2 Å². The lowest BCUT2D eigenvalue weighted by Gasteiger charge is -2.35. The van der Waals surface area contributed by atoms with Crippen LogP contribution in [-0.4, -0.2) is 46.7 Å². The summed E-state index contributed by atoms with van der Waals surface area (Å²) in [6.45, 7) is 1.82. The van der Waals surface area contributed by atoms with Gasteiger partial charge in [0.2, 0.25) is 0 Å². The Morgan fingerprint density at radius 2 is 1.61 bits per heavy atom. The van der Waals surface area contributed by atoms with E-state index in [1.807, 2.05) is 6.92 Å². The Bertz CT molecular complexity index is 274. The number of hydrogen-bond acceptors (Lipinski definition) is 6. The summed E-state index contributed by atoms with van der Waals surface area (Å²) in [6, 6.07) is 0. The lowest BCUT2D eigenvalue weighted by Crippen LogP contribution is -2.45. The Labute approximate surface area is 108 Å². The molecule has 0 heterocycles. The van der Waals surface area contributed by atoms with Gasteiger partial charge in [-0.1, -0.05) is 6.92 Å². The molecule has 18 heavy (non-hydrogen) atoms. The predicted octanol–water partition coefficient (Wildman–Crippen LogP) is 1.13. The fraction of sp³-hybridized carbons (Fsp3) is 0.833. The van der Waals surface area contributed by atoms with Gasteiger partial charge in [0.1, 0.15) is 5.41 Å². The van der Waals surface area contributed by atoms with Gasteiger partial charge in [-0.3, -0.25) is 9.59 Å². The number of carbonyl (C=O) groups excluding carboxylic acids is 2. The maximum atomic E-state index is 12.0. The highest BCUT2D eigenvalue weighted by Crippen LogP contribution is 2.36. The largest absolute Gasteiger partial charge is 0.469 e. The molecule has 0 fully saturated rings. The van der Waals surface area contributed by atoms with Gasteiger partial charge >= 0.3 is 11.9 Å². The van der Waals surface area contributed by atoms with Crippen LogP contribution in [0.15, 0.2) is 0 Å². The maximum absolute atomic E-state index is 12.0. The third-order valence-corrected chi connectivity index (χ3v) is 3.11. The first-order valence-electron chi connectivity index (χ1n) is 5.73. The minimum atomic E-state index is -1.01. The SMILES string of the molecule is CCC(CCC(=O)OC)(C(=O)OC)C(OC)OC. The van der Waals surface area contributed by atoms with Crippen LogP contribution in [0.25, 0.3) is 0 Å². The van der Waals surface area contributed by atoms with Crippen molar-refractivity contribution in [3.05, 3.63) is 0 Å². The van der Waals surface area contributed by atoms with Crippen LogP contribution >= 0.6 is 0 Å². The Balaban J connectivity index is 5.09. The minimum absolute atomic E-state index is 0.0999. The molecule has 0 aromatic rings. The molecule has 0 spiro atoms. The zero-order valence-electron chi connectivity index (χ0n) is 11.6. The normalized spacial score (nSPS) is 14.1. The molecule has 0 aliphatic carbocycles. The summed E-state index contributed by atoms with van der Waals surface area (Å²) in [5, 5.41) is 0. The van der Waals surface area contributed by atoms with E-state index < -0.39 is 17.7 Å². The molecule has 0 aliphatic heterocycles. The molecule has 0 aromatic carbocycles. The van der Waals surface area contributed by atoms with Crippen molar-refractivity contribution < 1.29 is 28.5 Å². The van der Waals surface area contributed by atoms with Crippen molar-refractivity contribution in [3.63, 3.8) is 0 Å². The van der Waals surface area contributed by atoms with E-state index in [0.717, 1.165) is 0 Å². The van der Waals surface area contributed by atoms with Crippen molar-refractivity contribution in [1.29, 1.82) is 0 Å². The van der Waals surface area contributed by atoms with Crippen LogP contribution in [0.1, 0.15) is 26.2 Å². The standard InChI is InChI=1S/C12H22O6/c1-6-12(10(14)16-3,11(17-4)18-5)8-7-9(13)15-2/h11H,6-8H2,1-5H3. The van der Waals surface area contributed by atoms with Gasteiger partial charge in [-0.15, -0.1) is 0 Å². The van der Waals surface area contributed by atoms with Crippen LogP contribution in [0, 0.1) is 5.41 Å². The van der Waals surface area contributed by atoms with Crippen LogP contribution < -0.4 is 0 Å². The van der Waals surface area contributed by atoms with Crippen molar-refractivity contribution in [1.82, 2.24) is 0 Å². The van der Waals surface area contributed by atoms with Crippen LogP contribution in [-0.2, 0) is 28.5 Å². The van der Waals surface area contributed by atoms with E-state index in [-0.39, 0.29) is 18.8 Å². The topological polar surface area (TPSA) is 71.1 Å². The molecule has 1 atom stereocenters. The van der Waals surface area contributed by atoms with Crippen molar-refractivity contribution in [3.8, 4) is 0 Å². The van der Waals surface area contributed by atoms with Crippen LogP contribution in [0.4, 0.5) is 0 Å². The van der Waals surface area contributed by atoms with Gasteiger partial charge in [-0.05, 0) is 12.8 Å². The minimum Gasteiger partial charge on any atom is -0.469 e. The highest BCUT2D eigenvalue weighted by molar-refractivity contribution is 5.78. The van der Waals surface area contributed by atoms with E-state index in [2.05, 4.69) is 4.74 Å². The predicted molar refractivity (Wildman–Crippen MR) is 63.8 cm³/mol. The summed E-state index contributed by atoms with van der Waals surface area (Å²) in [7, 11) is 5.49. The molecule has 0 radical (unpaired) electrons. The summed E-state index contributed by atoms with van der Waals surface area (Å²) < 4.78 is 19.7. The fourth-order valence-electron chi connectivity index (χ4n) is 1.98. The van der Waals surface area contributed by atoms with E-state index in [9.17, 15) is 9.59 Å². The lowest BCUT2D eigenvalue weighted by molar-refractivity contribution is -0.205. The number of hydrogen-bond donors (Lipinski definition) is 0. The van der Waals surface area contributed by atoms with Crippen molar-refractivity contribution in [2.24, 2.45) is 5.41 Å². The second-order valence-electron chi connectivity index (χ2n) is 3.88. The van der Waals surface area contributed by atoms with Gasteiger partial charge in [0, 0.05) is 20.6 Å². The summed E-state index contributed by atoms with van der Waals surface area (Å²) in [6.07, 6.45) is 0.0144. The average molecular weight is 262 g/mol. The van der Waals surface area contributed by atoms with Gasteiger partial charge < -0.3 is 18.9 Å². The first kappa shape index (κ1) is 16.9. The van der Waals surface area contributed by atoms with Gasteiger partial charge in [-0.2, -0.15) is 0 Å². The van der Waals surface area contributed by atoms with Crippen LogP contribution in [0.3, 0.4) is 0 Å². The molecule has 0 rings (SSSR count). The summed E-state index contributed by atoms with van der Waals surface area (Å²) in [5.41, 5.74) is -1.01. The Kier molecular flexibility index (Phi) is 7.54. The number of ether oxygens (including phenoxy) is 4.